The first-order valence-electron chi connectivity index (χ1n) is 28.7. The average molecular weight is 1230 g/mol. The summed E-state index contributed by atoms with van der Waals surface area (Å²) in [5, 5.41) is 9.65. The smallest absolute Gasteiger partial charge is 0.338 e. The number of esters is 3. The molecule has 3 N–H and O–H groups in total. The van der Waals surface area contributed by atoms with Crippen molar-refractivity contribution in [3.63, 3.8) is 0 Å². The fourth-order valence-corrected chi connectivity index (χ4v) is 31.6. The van der Waals surface area contributed by atoms with Gasteiger partial charge in [0, 0.05) is 56.7 Å². The van der Waals surface area contributed by atoms with E-state index in [1.165, 1.54) is 0 Å². The minimum atomic E-state index is -1.74. The van der Waals surface area contributed by atoms with E-state index in [0.29, 0.717) is 92.7 Å². The average Bonchev–Trinajstić information content (AvgIpc) is 3.38. The van der Waals surface area contributed by atoms with Crippen molar-refractivity contribution < 1.29 is 55.2 Å². The van der Waals surface area contributed by atoms with Gasteiger partial charge in [-0.05, 0) is 228 Å². The number of aromatic nitrogens is 3. The van der Waals surface area contributed by atoms with E-state index < -0.39 is 67.8 Å². The van der Waals surface area contributed by atoms with Crippen molar-refractivity contribution >= 4 is 103 Å². The number of ether oxygens (including phenoxy) is 6. The third-order valence-corrected chi connectivity index (χ3v) is 30.0. The van der Waals surface area contributed by atoms with Crippen molar-refractivity contribution in [2.45, 2.75) is 155 Å². The summed E-state index contributed by atoms with van der Waals surface area (Å²) in [6, 6.07) is 23.4. The molecule has 1 heterocycles. The van der Waals surface area contributed by atoms with Crippen molar-refractivity contribution in [3.8, 4) is 0 Å². The van der Waals surface area contributed by atoms with Gasteiger partial charge in [-0.2, -0.15) is 15.0 Å². The number of nitrogens with zero attached hydrogens (tertiary/aromatic N) is 3. The Morgan fingerprint density at radius 2 is 0.556 bits per heavy atom. The molecule has 0 unspecified atom stereocenters. The molecular formula is C57H96N6O12Si6. The number of hydrogen-bond acceptors (Lipinski definition) is 18. The molecule has 0 atom stereocenters. The van der Waals surface area contributed by atoms with E-state index in [4.69, 9.17) is 40.8 Å². The zero-order chi connectivity index (χ0) is 59.7. The predicted molar refractivity (Wildman–Crippen MR) is 340 cm³/mol. The summed E-state index contributed by atoms with van der Waals surface area (Å²) >= 11 is 0. The van der Waals surface area contributed by atoms with Gasteiger partial charge in [0.1, 0.15) is 0 Å². The van der Waals surface area contributed by atoms with Gasteiger partial charge in [-0.3, -0.25) is 0 Å². The van der Waals surface area contributed by atoms with Crippen LogP contribution in [0.25, 0.3) is 0 Å². The number of carbonyl (C=O) groups excluding carboxylic acids is 3. The Morgan fingerprint density at radius 1 is 0.333 bits per heavy atom. The van der Waals surface area contributed by atoms with Crippen molar-refractivity contribution in [2.24, 2.45) is 0 Å². The van der Waals surface area contributed by atoms with Gasteiger partial charge in [0.2, 0.25) is 17.8 Å². The molecule has 24 heteroatoms. The molecule has 0 fully saturated rings. The highest BCUT2D eigenvalue weighted by Crippen LogP contribution is 2.25. The summed E-state index contributed by atoms with van der Waals surface area (Å²) < 4.78 is 53.5. The number of rotatable bonds is 39. The number of hydrogen-bond donors (Lipinski definition) is 3. The Bertz CT molecular complexity index is 2240. The Kier molecular flexibility index (Phi) is 28.2. The van der Waals surface area contributed by atoms with Crippen molar-refractivity contribution in [1.29, 1.82) is 0 Å². The Morgan fingerprint density at radius 3 is 0.778 bits per heavy atom. The molecule has 0 radical (unpaired) electrons. The van der Waals surface area contributed by atoms with Gasteiger partial charge in [-0.15, -0.1) is 0 Å². The van der Waals surface area contributed by atoms with E-state index >= 15 is 0 Å². The van der Waals surface area contributed by atoms with E-state index in [2.05, 4.69) is 129 Å². The normalized spacial score (nSPS) is 12.5. The van der Waals surface area contributed by atoms with Gasteiger partial charge in [-0.25, -0.2) is 14.4 Å². The van der Waals surface area contributed by atoms with Crippen molar-refractivity contribution in [1.82, 2.24) is 15.0 Å². The van der Waals surface area contributed by atoms with Crippen LogP contribution in [-0.2, 0) is 40.8 Å². The maximum absolute atomic E-state index is 12.9. The summed E-state index contributed by atoms with van der Waals surface area (Å²) in [6.45, 7) is 38.1. The highest BCUT2D eigenvalue weighted by Gasteiger charge is 2.31. The second-order valence-electron chi connectivity index (χ2n) is 25.0. The fraction of sp³-hybridized carbons (Fsp3) is 0.579. The first kappa shape index (κ1) is 69.0. The van der Waals surface area contributed by atoms with Crippen molar-refractivity contribution in [3.05, 3.63) is 89.5 Å². The minimum absolute atomic E-state index is 0.196. The van der Waals surface area contributed by atoms with Crippen LogP contribution in [0.15, 0.2) is 72.8 Å². The lowest BCUT2D eigenvalue weighted by Gasteiger charge is -2.31. The Balaban J connectivity index is 1.32. The second kappa shape index (κ2) is 33.1. The number of anilines is 6. The highest BCUT2D eigenvalue weighted by atomic mass is 28.4. The molecule has 0 amide bonds. The molecule has 0 aliphatic carbocycles. The summed E-state index contributed by atoms with van der Waals surface area (Å²) in [4.78, 5) is 52.7. The summed E-state index contributed by atoms with van der Waals surface area (Å²) in [5.74, 6) is -0.669. The standard InChI is InChI=1S/C57H96N6O12Si6/c1-76(2,3)73-79(10,11)43-40-67-34-16-19-37-70-52(64)46-22-28-49(29-23-46)58-55-61-56(59-50-30-24-47(25-31-50)53(65)71-38-20-17-35-68-41-44-80(12,13)74-77(4,5)6)63-57(62-55)60-51-32-26-48(27-33-51)54(66)72-39-21-18-36-69-42-45-81(14,15)75-78(7,8)9/h22-33H,16-21,34-45H2,1-15H3,(H3,58,59,60,61,62,63). The molecule has 4 aromatic rings. The molecule has 0 aliphatic heterocycles. The molecule has 0 aliphatic rings. The van der Waals surface area contributed by atoms with Crippen LogP contribution in [0.1, 0.15) is 69.6 Å². The molecule has 81 heavy (non-hydrogen) atoms. The van der Waals surface area contributed by atoms with Crippen LogP contribution in [0.3, 0.4) is 0 Å². The number of nitrogens with one attached hydrogen (secondary N) is 3. The molecule has 3 aromatic carbocycles. The van der Waals surface area contributed by atoms with Crippen LogP contribution in [0.5, 0.6) is 0 Å². The maximum Gasteiger partial charge on any atom is 0.338 e. The van der Waals surface area contributed by atoms with Crippen LogP contribution in [0.2, 0.25) is 116 Å². The lowest BCUT2D eigenvalue weighted by atomic mass is 10.2. The van der Waals surface area contributed by atoms with E-state index in [-0.39, 0.29) is 37.7 Å². The molecular weight excluding hydrogens is 1130 g/mol. The molecule has 4 rings (SSSR count). The largest absolute Gasteiger partial charge is 0.462 e. The minimum Gasteiger partial charge on any atom is -0.462 e. The van der Waals surface area contributed by atoms with Gasteiger partial charge < -0.3 is 56.7 Å². The van der Waals surface area contributed by atoms with Gasteiger partial charge in [-0.1, -0.05) is 0 Å². The highest BCUT2D eigenvalue weighted by molar-refractivity contribution is 6.85. The Labute approximate surface area is 490 Å². The van der Waals surface area contributed by atoms with E-state index in [1.807, 2.05) is 0 Å². The lowest BCUT2D eigenvalue weighted by Crippen LogP contribution is -2.42. The van der Waals surface area contributed by atoms with Gasteiger partial charge in [0.25, 0.3) is 0 Å². The summed E-state index contributed by atoms with van der Waals surface area (Å²) in [6.07, 6.45) is 4.43. The molecule has 1 aromatic heterocycles. The number of unbranched alkanes of at least 4 members (excludes halogenated alkanes) is 3. The molecule has 0 saturated carbocycles. The zero-order valence-electron chi connectivity index (χ0n) is 51.4. The van der Waals surface area contributed by atoms with Crippen LogP contribution >= 0.6 is 0 Å². The van der Waals surface area contributed by atoms with E-state index in [9.17, 15) is 14.4 Å². The topological polar surface area (TPSA) is 209 Å². The summed E-state index contributed by atoms with van der Waals surface area (Å²) in [5.41, 5.74) is 3.05. The van der Waals surface area contributed by atoms with Gasteiger partial charge in [0.05, 0.1) is 36.5 Å². The molecule has 0 saturated heterocycles. The van der Waals surface area contributed by atoms with Gasteiger partial charge >= 0.3 is 17.9 Å². The first-order valence-corrected chi connectivity index (χ1v) is 48.2. The van der Waals surface area contributed by atoms with E-state index in [0.717, 1.165) is 37.4 Å². The first-order chi connectivity index (χ1) is 37.9. The maximum atomic E-state index is 12.9. The van der Waals surface area contributed by atoms with Crippen LogP contribution in [-0.4, -0.2) is 142 Å². The monoisotopic (exact) mass is 1220 g/mol. The molecule has 18 nitrogen and oxygen atoms in total. The fourth-order valence-electron chi connectivity index (χ4n) is 8.56. The van der Waals surface area contributed by atoms with Crippen molar-refractivity contribution in [2.75, 3.05) is 75.4 Å². The van der Waals surface area contributed by atoms with Gasteiger partial charge in [0.15, 0.2) is 49.9 Å². The number of benzene rings is 3. The molecule has 0 bridgehead atoms. The molecule has 0 spiro atoms. The third kappa shape index (κ3) is 30.6. The second-order valence-corrected chi connectivity index (χ2v) is 52.1. The van der Waals surface area contributed by atoms with E-state index in [1.54, 1.807) is 72.8 Å². The SMILES string of the molecule is C[Si](C)(C)O[Si](C)(C)CCOCCCCOC(=O)c1ccc(Nc2nc(Nc3ccc(C(=O)OCCCCOCC[Si](C)(C)O[Si](C)(C)C)cc3)nc(Nc3ccc(C(=O)OCCCCOCC[Si](C)(C)O[Si](C)(C)C)cc3)n2)cc1. The third-order valence-electron chi connectivity index (χ3n) is 11.8. The molecule has 450 valence electrons. The quantitative estimate of drug-likeness (QED) is 0.0164. The summed E-state index contributed by atoms with van der Waals surface area (Å²) in [7, 11) is -9.98. The van der Waals surface area contributed by atoms with Crippen LogP contribution in [0.4, 0.5) is 34.9 Å². The number of carbonyl (C=O) groups is 3. The predicted octanol–water partition coefficient (Wildman–Crippen LogP) is 14.1. The zero-order valence-corrected chi connectivity index (χ0v) is 57.4. The van der Waals surface area contributed by atoms with Crippen LogP contribution < -0.4 is 16.0 Å². The lowest BCUT2D eigenvalue weighted by molar-refractivity contribution is 0.0475. The van der Waals surface area contributed by atoms with Crippen LogP contribution in [0, 0.1) is 0 Å². The Hall–Kier alpha value is -4.46.